The molecule has 0 aromatic carbocycles. The van der Waals surface area contributed by atoms with E-state index in [1.54, 1.807) is 0 Å². The van der Waals surface area contributed by atoms with Gasteiger partial charge in [0.05, 0.1) is 27.7 Å². The number of rotatable bonds is 64. The van der Waals surface area contributed by atoms with Gasteiger partial charge in [0.15, 0.2) is 6.10 Å². The van der Waals surface area contributed by atoms with E-state index in [-0.39, 0.29) is 32.0 Å². The van der Waals surface area contributed by atoms with Crippen molar-refractivity contribution in [2.75, 3.05) is 47.5 Å². The fourth-order valence-corrected chi connectivity index (χ4v) is 10.2. The summed E-state index contributed by atoms with van der Waals surface area (Å²) in [5.74, 6) is -0.837. The van der Waals surface area contributed by atoms with Gasteiger partial charge < -0.3 is 27.9 Å². The zero-order chi connectivity index (χ0) is 64.1. The third-order valence-electron chi connectivity index (χ3n) is 14.9. The maximum atomic E-state index is 12.9. The minimum absolute atomic E-state index is 0.0366. The van der Waals surface area contributed by atoms with E-state index >= 15 is 0 Å². The van der Waals surface area contributed by atoms with Crippen LogP contribution in [0.4, 0.5) is 0 Å². The Kier molecular flexibility index (Phi) is 64.1. The first kappa shape index (κ1) is 83.9. The molecule has 0 N–H and O–H groups in total. The summed E-state index contributed by atoms with van der Waals surface area (Å²) in [6, 6.07) is 0. The van der Waals surface area contributed by atoms with Gasteiger partial charge in [-0.25, -0.2) is 0 Å². The zero-order valence-corrected chi connectivity index (χ0v) is 58.0. The Labute approximate surface area is 542 Å². The Hall–Kier alpha value is -4.11. The number of allylic oxidation sites excluding steroid dienone is 24. The van der Waals surface area contributed by atoms with E-state index in [9.17, 15) is 19.0 Å². The number of nitrogens with zero attached hydrogens (tertiary/aromatic N) is 1. The van der Waals surface area contributed by atoms with Crippen LogP contribution in [0.15, 0.2) is 146 Å². The number of hydrogen-bond acceptors (Lipinski definition) is 8. The molecule has 0 saturated carbocycles. The second-order valence-electron chi connectivity index (χ2n) is 24.5. The van der Waals surface area contributed by atoms with Crippen molar-refractivity contribution in [3.63, 3.8) is 0 Å². The summed E-state index contributed by atoms with van der Waals surface area (Å²) >= 11 is 0. The minimum atomic E-state index is -4.65. The van der Waals surface area contributed by atoms with Crippen molar-refractivity contribution in [1.29, 1.82) is 0 Å². The quantitative estimate of drug-likeness (QED) is 0.0195. The van der Waals surface area contributed by atoms with Crippen LogP contribution in [0.1, 0.15) is 284 Å². The molecule has 0 heterocycles. The summed E-state index contributed by atoms with van der Waals surface area (Å²) in [4.78, 5) is 38.1. The summed E-state index contributed by atoms with van der Waals surface area (Å²) in [7, 11) is 1.16. The van der Waals surface area contributed by atoms with Gasteiger partial charge in [-0.15, -0.1) is 0 Å². The van der Waals surface area contributed by atoms with Gasteiger partial charge in [-0.3, -0.25) is 14.2 Å². The van der Waals surface area contributed by atoms with E-state index in [1.807, 2.05) is 21.1 Å². The van der Waals surface area contributed by atoms with Crippen LogP contribution in [0.5, 0.6) is 0 Å². The summed E-state index contributed by atoms with van der Waals surface area (Å²) in [6.45, 7) is 4.02. The van der Waals surface area contributed by atoms with Crippen LogP contribution < -0.4 is 4.89 Å². The van der Waals surface area contributed by atoms with Gasteiger partial charge in [0, 0.05) is 12.8 Å². The monoisotopic (exact) mass is 1240 g/mol. The Morgan fingerprint density at radius 2 is 0.614 bits per heavy atom. The Morgan fingerprint density at radius 3 is 0.909 bits per heavy atom. The van der Waals surface area contributed by atoms with Crippen LogP contribution in [-0.4, -0.2) is 70.0 Å². The van der Waals surface area contributed by atoms with Crippen LogP contribution >= 0.6 is 7.82 Å². The minimum Gasteiger partial charge on any atom is -0.756 e. The highest BCUT2D eigenvalue weighted by Gasteiger charge is 2.22. The average molecular weight is 1240 g/mol. The lowest BCUT2D eigenvalue weighted by molar-refractivity contribution is -0.870. The molecule has 0 aliphatic carbocycles. The van der Waals surface area contributed by atoms with Crippen molar-refractivity contribution < 1.29 is 42.1 Å². The Bertz CT molecular complexity index is 2000. The van der Waals surface area contributed by atoms with E-state index in [1.165, 1.54) is 135 Å². The molecule has 0 aliphatic rings. The molecular weight excluding hydrogens is 1110 g/mol. The molecule has 0 aliphatic heterocycles. The maximum Gasteiger partial charge on any atom is 0.306 e. The fourth-order valence-electron chi connectivity index (χ4n) is 9.49. The van der Waals surface area contributed by atoms with Crippen LogP contribution in [-0.2, 0) is 32.7 Å². The fraction of sp³-hybridized carbons (Fsp3) is 0.667. The number of hydrogen-bond donors (Lipinski definition) is 0. The summed E-state index contributed by atoms with van der Waals surface area (Å²) in [5.41, 5.74) is 0. The molecule has 0 rings (SSSR count). The van der Waals surface area contributed by atoms with Gasteiger partial charge in [-0.2, -0.15) is 0 Å². The van der Waals surface area contributed by atoms with Crippen molar-refractivity contribution in [2.45, 2.75) is 290 Å². The lowest BCUT2D eigenvalue weighted by atomic mass is 10.0. The summed E-state index contributed by atoms with van der Waals surface area (Å²) in [5, 5.41) is 0. The van der Waals surface area contributed by atoms with Crippen LogP contribution in [0.3, 0.4) is 0 Å². The van der Waals surface area contributed by atoms with Gasteiger partial charge in [-0.05, 0) is 116 Å². The zero-order valence-electron chi connectivity index (χ0n) is 57.1. The molecule has 2 atom stereocenters. The predicted molar refractivity (Wildman–Crippen MR) is 378 cm³/mol. The van der Waals surface area contributed by atoms with Crippen molar-refractivity contribution in [3.05, 3.63) is 146 Å². The number of phosphoric acid groups is 1. The van der Waals surface area contributed by atoms with Crippen molar-refractivity contribution >= 4 is 19.8 Å². The summed E-state index contributed by atoms with van der Waals surface area (Å²) in [6.07, 6.45) is 99.2. The number of likely N-dealkylation sites (N-methyl/N-ethyl adjacent to an activating group) is 1. The van der Waals surface area contributed by atoms with Gasteiger partial charge in [0.2, 0.25) is 0 Å². The van der Waals surface area contributed by atoms with Gasteiger partial charge in [0.1, 0.15) is 19.8 Å². The van der Waals surface area contributed by atoms with Crippen molar-refractivity contribution in [2.24, 2.45) is 0 Å². The van der Waals surface area contributed by atoms with E-state index in [0.29, 0.717) is 17.4 Å². The number of quaternary nitrogens is 1. The van der Waals surface area contributed by atoms with Crippen LogP contribution in [0.2, 0.25) is 0 Å². The van der Waals surface area contributed by atoms with Crippen LogP contribution in [0.25, 0.3) is 0 Å². The number of carbonyl (C=O) groups excluding carboxylic acids is 2. The number of unbranched alkanes of at least 4 members (excludes halogenated alkanes) is 26. The number of carbonyl (C=O) groups is 2. The molecule has 0 fully saturated rings. The predicted octanol–water partition coefficient (Wildman–Crippen LogP) is 22.7. The van der Waals surface area contributed by atoms with Gasteiger partial charge in [-0.1, -0.05) is 301 Å². The highest BCUT2D eigenvalue weighted by Crippen LogP contribution is 2.38. The first-order valence-electron chi connectivity index (χ1n) is 35.5. The summed E-state index contributed by atoms with van der Waals surface area (Å²) < 4.78 is 34.3. The SMILES string of the molecule is CC/C=C\C/C=C\C/C=C\C/C=C\C/C=C\C/C=C\C/C=C\C/C=C\CCCCCCCCCCCCCCCCC(=O)OC(COC(=O)CCCCCCCCCCCCCC/C=C\C/C=C\C/C=C\C/C=C\CC)COP(=O)([O-])OCC[N+](C)(C)C. The lowest BCUT2D eigenvalue weighted by Crippen LogP contribution is -2.37. The second-order valence-corrected chi connectivity index (χ2v) is 25.9. The maximum absolute atomic E-state index is 12.9. The topological polar surface area (TPSA) is 111 Å². The molecule has 88 heavy (non-hydrogen) atoms. The number of esters is 2. The normalized spacial score (nSPS) is 14.0. The van der Waals surface area contributed by atoms with Crippen LogP contribution in [0, 0.1) is 0 Å². The molecule has 0 radical (unpaired) electrons. The van der Waals surface area contributed by atoms with E-state index in [4.69, 9.17) is 18.5 Å². The molecule has 9 nitrogen and oxygen atoms in total. The molecule has 0 amide bonds. The average Bonchev–Trinajstić information content (AvgIpc) is 3.68. The molecule has 502 valence electrons. The van der Waals surface area contributed by atoms with Crippen molar-refractivity contribution in [3.8, 4) is 0 Å². The van der Waals surface area contributed by atoms with Gasteiger partial charge in [0.25, 0.3) is 7.82 Å². The third kappa shape index (κ3) is 71.0. The number of phosphoric ester groups is 1. The number of ether oxygens (including phenoxy) is 2. The van der Waals surface area contributed by atoms with E-state index < -0.39 is 26.5 Å². The first-order valence-corrected chi connectivity index (χ1v) is 37.0. The second kappa shape index (κ2) is 67.3. The molecular formula is C78H132NO8P. The van der Waals surface area contributed by atoms with E-state index in [0.717, 1.165) is 116 Å². The van der Waals surface area contributed by atoms with Crippen molar-refractivity contribution in [1.82, 2.24) is 0 Å². The van der Waals surface area contributed by atoms with Gasteiger partial charge >= 0.3 is 11.9 Å². The highest BCUT2D eigenvalue weighted by molar-refractivity contribution is 7.45. The smallest absolute Gasteiger partial charge is 0.306 e. The standard InChI is InChI=1S/C78H132NO8P/c1-6-8-10-12-14-16-18-20-22-24-26-28-30-32-33-34-35-36-37-38-39-40-41-42-43-44-45-47-49-51-53-55-57-59-61-63-65-67-69-71-78(81)87-76(75-86-88(82,83)85-73-72-79(3,4)5)74-84-77(80)70-68-66-64-62-60-58-56-54-52-50-48-46-31-29-27-25-23-21-19-17-15-13-11-9-7-2/h8-11,14-17,20-23,26-29,32-33,35-36,38-39,41-42,76H,6-7,12-13,18-19,24-25,30-31,34,37,40,43-75H2,1-5H3/b10-8-,11-9-,16-14-,17-15-,22-20-,23-21-,28-26-,29-27-,33-32-,36-35-,39-38-,42-41-. The molecule has 0 bridgehead atoms. The third-order valence-corrected chi connectivity index (χ3v) is 15.8. The highest BCUT2D eigenvalue weighted by atomic mass is 31.2. The Balaban J connectivity index is 4.05. The Morgan fingerprint density at radius 1 is 0.352 bits per heavy atom. The molecule has 10 heteroatoms. The molecule has 2 unspecified atom stereocenters. The molecule has 0 aromatic heterocycles. The van der Waals surface area contributed by atoms with E-state index in [2.05, 4.69) is 160 Å². The first-order chi connectivity index (χ1) is 43.0. The molecule has 0 aromatic rings. The molecule has 0 spiro atoms. The largest absolute Gasteiger partial charge is 0.756 e. The lowest BCUT2D eigenvalue weighted by Gasteiger charge is -2.28. The molecule has 0 saturated heterocycles.